The number of carboxylic acids is 1. The first-order valence-electron chi connectivity index (χ1n) is 5.74. The van der Waals surface area contributed by atoms with Gasteiger partial charge in [-0.15, -0.1) is 0 Å². The number of hydrogen-bond acceptors (Lipinski definition) is 4. The van der Waals surface area contributed by atoms with Gasteiger partial charge in [-0.3, -0.25) is 9.59 Å². The Bertz CT molecular complexity index is 298. The van der Waals surface area contributed by atoms with E-state index in [4.69, 9.17) is 15.6 Å². The minimum absolute atomic E-state index is 0.0426. The smallest absolute Gasteiger partial charge is 0.305 e. The van der Waals surface area contributed by atoms with E-state index in [1.807, 2.05) is 13.8 Å². The zero-order valence-corrected chi connectivity index (χ0v) is 10.2. The topological polar surface area (TPSA) is 102 Å². The molecule has 1 aliphatic rings. The monoisotopic (exact) mass is 244 g/mol. The van der Waals surface area contributed by atoms with Crippen LogP contribution in [0.3, 0.4) is 0 Å². The van der Waals surface area contributed by atoms with Gasteiger partial charge in [-0.1, -0.05) is 13.8 Å². The Labute approximate surface area is 101 Å². The SMILES string of the molecule is CC(C)C(CC(=O)O)NC(=O)C1(N)CCOC1. The Kier molecular flexibility index (Phi) is 4.47. The highest BCUT2D eigenvalue weighted by Crippen LogP contribution is 2.17. The molecule has 1 heterocycles. The van der Waals surface area contributed by atoms with Crippen molar-refractivity contribution in [3.05, 3.63) is 0 Å². The molecule has 1 rings (SSSR count). The first kappa shape index (κ1) is 13.9. The highest BCUT2D eigenvalue weighted by Gasteiger charge is 2.39. The molecule has 0 aromatic heterocycles. The summed E-state index contributed by atoms with van der Waals surface area (Å²) in [5, 5.41) is 11.5. The summed E-state index contributed by atoms with van der Waals surface area (Å²) >= 11 is 0. The molecule has 0 aromatic carbocycles. The van der Waals surface area contributed by atoms with Crippen molar-refractivity contribution in [3.63, 3.8) is 0 Å². The molecule has 0 spiro atoms. The lowest BCUT2D eigenvalue weighted by molar-refractivity contribution is -0.138. The fourth-order valence-electron chi connectivity index (χ4n) is 1.71. The Morgan fingerprint density at radius 3 is 2.59 bits per heavy atom. The van der Waals surface area contributed by atoms with Crippen molar-refractivity contribution >= 4 is 11.9 Å². The van der Waals surface area contributed by atoms with Gasteiger partial charge in [0.15, 0.2) is 0 Å². The molecular formula is C11H20N2O4. The maximum Gasteiger partial charge on any atom is 0.305 e. The maximum atomic E-state index is 12.0. The van der Waals surface area contributed by atoms with Gasteiger partial charge in [0.2, 0.25) is 5.91 Å². The molecule has 1 aliphatic heterocycles. The molecule has 2 unspecified atom stereocenters. The third kappa shape index (κ3) is 3.67. The zero-order chi connectivity index (χ0) is 13.1. The largest absolute Gasteiger partial charge is 0.481 e. The third-order valence-corrected chi connectivity index (χ3v) is 3.02. The minimum atomic E-state index is -1.01. The van der Waals surface area contributed by atoms with Gasteiger partial charge in [-0.25, -0.2) is 0 Å². The van der Waals surface area contributed by atoms with Crippen molar-refractivity contribution in [2.75, 3.05) is 13.2 Å². The summed E-state index contributed by atoms with van der Waals surface area (Å²) in [6.45, 7) is 4.39. The van der Waals surface area contributed by atoms with Crippen LogP contribution in [-0.2, 0) is 14.3 Å². The summed E-state index contributed by atoms with van der Waals surface area (Å²) in [5.74, 6) is -1.21. The van der Waals surface area contributed by atoms with E-state index in [1.54, 1.807) is 0 Å². The minimum Gasteiger partial charge on any atom is -0.481 e. The number of carbonyl (C=O) groups excluding carboxylic acids is 1. The van der Waals surface area contributed by atoms with Gasteiger partial charge < -0.3 is 20.9 Å². The predicted molar refractivity (Wildman–Crippen MR) is 61.4 cm³/mol. The van der Waals surface area contributed by atoms with Gasteiger partial charge in [-0.05, 0) is 12.3 Å². The van der Waals surface area contributed by atoms with Gasteiger partial charge in [0.25, 0.3) is 0 Å². The summed E-state index contributed by atoms with van der Waals surface area (Å²) in [6, 6.07) is -0.402. The predicted octanol–water partition coefficient (Wildman–Crippen LogP) is -0.280. The summed E-state index contributed by atoms with van der Waals surface area (Å²) in [4.78, 5) is 22.6. The number of nitrogens with one attached hydrogen (secondary N) is 1. The highest BCUT2D eigenvalue weighted by atomic mass is 16.5. The standard InChI is InChI=1S/C11H20N2O4/c1-7(2)8(5-9(14)15)13-10(16)11(12)3-4-17-6-11/h7-8H,3-6,12H2,1-2H3,(H,13,16)(H,14,15). The van der Waals surface area contributed by atoms with E-state index < -0.39 is 17.6 Å². The number of nitrogens with two attached hydrogens (primary N) is 1. The van der Waals surface area contributed by atoms with Gasteiger partial charge in [0, 0.05) is 12.6 Å². The second-order valence-electron chi connectivity index (χ2n) is 4.88. The summed E-state index contributed by atoms with van der Waals surface area (Å²) in [6.07, 6.45) is 0.372. The molecule has 6 nitrogen and oxygen atoms in total. The normalized spacial score (nSPS) is 25.9. The van der Waals surface area contributed by atoms with Crippen LogP contribution in [0.15, 0.2) is 0 Å². The number of amides is 1. The second-order valence-corrected chi connectivity index (χ2v) is 4.88. The lowest BCUT2D eigenvalue weighted by atomic mass is 9.95. The number of carboxylic acid groups (broad SMARTS) is 1. The molecule has 17 heavy (non-hydrogen) atoms. The molecule has 0 aromatic rings. The summed E-state index contributed by atoms with van der Waals surface area (Å²) in [5.41, 5.74) is 4.89. The first-order chi connectivity index (χ1) is 7.85. The Hall–Kier alpha value is -1.14. The molecule has 0 radical (unpaired) electrons. The van der Waals surface area contributed by atoms with Crippen LogP contribution in [-0.4, -0.2) is 41.8 Å². The van der Waals surface area contributed by atoms with E-state index in [-0.39, 0.29) is 24.9 Å². The Balaban J connectivity index is 2.60. The van der Waals surface area contributed by atoms with Crippen LogP contribution in [0.4, 0.5) is 0 Å². The van der Waals surface area contributed by atoms with E-state index >= 15 is 0 Å². The van der Waals surface area contributed by atoms with Crippen molar-refractivity contribution in [2.45, 2.75) is 38.3 Å². The molecule has 0 bridgehead atoms. The maximum absolute atomic E-state index is 12.0. The van der Waals surface area contributed by atoms with Crippen molar-refractivity contribution in [1.29, 1.82) is 0 Å². The highest BCUT2D eigenvalue weighted by molar-refractivity contribution is 5.87. The second kappa shape index (κ2) is 5.46. The fraction of sp³-hybridized carbons (Fsp3) is 0.818. The molecule has 4 N–H and O–H groups in total. The van der Waals surface area contributed by atoms with Crippen LogP contribution in [0.2, 0.25) is 0 Å². The van der Waals surface area contributed by atoms with Gasteiger partial charge >= 0.3 is 5.97 Å². The van der Waals surface area contributed by atoms with Crippen molar-refractivity contribution in [3.8, 4) is 0 Å². The quantitative estimate of drug-likeness (QED) is 0.617. The molecule has 0 saturated carbocycles. The van der Waals surface area contributed by atoms with Gasteiger partial charge in [0.05, 0.1) is 13.0 Å². The summed E-state index contributed by atoms with van der Waals surface area (Å²) in [7, 11) is 0. The molecule has 2 atom stereocenters. The Morgan fingerprint density at radius 2 is 2.18 bits per heavy atom. The average Bonchev–Trinajstić information content (AvgIpc) is 2.64. The summed E-state index contributed by atoms with van der Waals surface area (Å²) < 4.78 is 5.10. The first-order valence-corrected chi connectivity index (χ1v) is 5.74. The number of hydrogen-bond donors (Lipinski definition) is 3. The van der Waals surface area contributed by atoms with E-state index in [0.717, 1.165) is 0 Å². The number of aliphatic carboxylic acids is 1. The molecular weight excluding hydrogens is 224 g/mol. The van der Waals surface area contributed by atoms with Gasteiger partial charge in [0.1, 0.15) is 5.54 Å². The fourth-order valence-corrected chi connectivity index (χ4v) is 1.71. The van der Waals surface area contributed by atoms with E-state index in [1.165, 1.54) is 0 Å². The zero-order valence-electron chi connectivity index (χ0n) is 10.2. The van der Waals surface area contributed by atoms with Crippen LogP contribution < -0.4 is 11.1 Å². The Morgan fingerprint density at radius 1 is 1.53 bits per heavy atom. The molecule has 0 aliphatic carbocycles. The van der Waals surface area contributed by atoms with Gasteiger partial charge in [-0.2, -0.15) is 0 Å². The van der Waals surface area contributed by atoms with Crippen molar-refractivity contribution in [2.24, 2.45) is 11.7 Å². The lowest BCUT2D eigenvalue weighted by Crippen LogP contribution is -2.57. The molecule has 1 saturated heterocycles. The van der Waals surface area contributed by atoms with Crippen LogP contribution in [0.5, 0.6) is 0 Å². The van der Waals surface area contributed by atoms with E-state index in [2.05, 4.69) is 5.32 Å². The lowest BCUT2D eigenvalue weighted by Gasteiger charge is -2.27. The van der Waals surface area contributed by atoms with Crippen LogP contribution in [0, 0.1) is 5.92 Å². The van der Waals surface area contributed by atoms with Crippen LogP contribution in [0.25, 0.3) is 0 Å². The van der Waals surface area contributed by atoms with Crippen molar-refractivity contribution < 1.29 is 19.4 Å². The number of ether oxygens (including phenoxy) is 1. The number of rotatable bonds is 5. The van der Waals surface area contributed by atoms with E-state index in [0.29, 0.717) is 13.0 Å². The molecule has 1 amide bonds. The van der Waals surface area contributed by atoms with Crippen LogP contribution in [0.1, 0.15) is 26.7 Å². The molecule has 1 fully saturated rings. The number of carbonyl (C=O) groups is 2. The van der Waals surface area contributed by atoms with E-state index in [9.17, 15) is 9.59 Å². The van der Waals surface area contributed by atoms with Crippen LogP contribution >= 0.6 is 0 Å². The van der Waals surface area contributed by atoms with Crippen molar-refractivity contribution in [1.82, 2.24) is 5.32 Å². The molecule has 98 valence electrons. The molecule has 6 heteroatoms. The third-order valence-electron chi connectivity index (χ3n) is 3.02. The average molecular weight is 244 g/mol.